The molecule has 0 saturated carbocycles. The van der Waals surface area contributed by atoms with Crippen molar-refractivity contribution in [3.05, 3.63) is 65.7 Å². The molecule has 2 aliphatic heterocycles. The minimum absolute atomic E-state index is 0.0194. The van der Waals surface area contributed by atoms with Crippen molar-refractivity contribution in [2.45, 2.75) is 50.7 Å². The Labute approximate surface area is 158 Å². The van der Waals surface area contributed by atoms with Gasteiger partial charge in [-0.2, -0.15) is 0 Å². The summed E-state index contributed by atoms with van der Waals surface area (Å²) in [6, 6.07) is 12.9. The van der Waals surface area contributed by atoms with Gasteiger partial charge in [-0.15, -0.1) is 0 Å². The van der Waals surface area contributed by atoms with Gasteiger partial charge in [0.15, 0.2) is 0 Å². The quantitative estimate of drug-likeness (QED) is 0.770. The highest BCUT2D eigenvalue weighted by atomic mass is 19.1. The smallest absolute Gasteiger partial charge is 0.257 e. The molecule has 0 N–H and O–H groups in total. The number of rotatable bonds is 2. The zero-order valence-electron chi connectivity index (χ0n) is 15.7. The topological polar surface area (TPSA) is 23.6 Å². The van der Waals surface area contributed by atoms with Crippen molar-refractivity contribution >= 4 is 11.6 Å². The molecule has 2 fully saturated rings. The maximum Gasteiger partial charge on any atom is 0.257 e. The fourth-order valence-corrected chi connectivity index (χ4v) is 4.83. The third kappa shape index (κ3) is 3.09. The second-order valence-corrected chi connectivity index (χ2v) is 8.12. The molecule has 0 unspecified atom stereocenters. The molecule has 0 aliphatic carbocycles. The summed E-state index contributed by atoms with van der Waals surface area (Å²) in [5.74, 6) is -0.968. The fraction of sp³-hybridized carbons (Fsp3) is 0.409. The van der Waals surface area contributed by atoms with Gasteiger partial charge in [0.1, 0.15) is 11.6 Å². The van der Waals surface area contributed by atoms with Gasteiger partial charge in [0.25, 0.3) is 5.91 Å². The first-order chi connectivity index (χ1) is 12.9. The number of halogens is 2. The molecular formula is C22H24F2N2O. The highest BCUT2D eigenvalue weighted by molar-refractivity contribution is 5.95. The number of piperidine rings is 1. The van der Waals surface area contributed by atoms with E-state index < -0.39 is 5.82 Å². The summed E-state index contributed by atoms with van der Waals surface area (Å²) in [6.45, 7) is 4.95. The maximum atomic E-state index is 14.2. The molecule has 2 heterocycles. The minimum Gasteiger partial charge on any atom is -0.361 e. The Balaban J connectivity index is 1.67. The van der Waals surface area contributed by atoms with Crippen LogP contribution in [0.2, 0.25) is 0 Å². The first-order valence-corrected chi connectivity index (χ1v) is 9.49. The number of nitrogens with zero attached hydrogens (tertiary/aromatic N) is 2. The minimum atomic E-state index is -0.475. The van der Waals surface area contributed by atoms with E-state index in [1.54, 1.807) is 30.3 Å². The number of hydrogen-bond donors (Lipinski definition) is 0. The molecule has 0 bridgehead atoms. The Bertz CT molecular complexity index is 850. The van der Waals surface area contributed by atoms with E-state index in [4.69, 9.17) is 0 Å². The molecule has 2 aromatic rings. The lowest BCUT2D eigenvalue weighted by molar-refractivity contribution is 0.0600. The third-order valence-electron chi connectivity index (χ3n) is 5.91. The summed E-state index contributed by atoms with van der Waals surface area (Å²) in [7, 11) is 0. The second kappa shape index (κ2) is 6.63. The Hall–Kier alpha value is -2.43. The van der Waals surface area contributed by atoms with Crippen molar-refractivity contribution in [1.29, 1.82) is 0 Å². The summed E-state index contributed by atoms with van der Waals surface area (Å²) in [4.78, 5) is 17.2. The first kappa shape index (κ1) is 18.0. The van der Waals surface area contributed by atoms with Crippen LogP contribution in [0.5, 0.6) is 0 Å². The SMILES string of the molecule is CC1(C)C[C@H]2[C@H](CCCN2C(=O)c2ccccc2F)N1c1ccc(F)cc1. The molecule has 0 aromatic heterocycles. The monoisotopic (exact) mass is 370 g/mol. The van der Waals surface area contributed by atoms with E-state index in [-0.39, 0.29) is 34.9 Å². The fourth-order valence-electron chi connectivity index (χ4n) is 4.83. The lowest BCUT2D eigenvalue weighted by Crippen LogP contribution is -2.53. The van der Waals surface area contributed by atoms with Crippen molar-refractivity contribution in [1.82, 2.24) is 4.90 Å². The number of amides is 1. The molecule has 0 spiro atoms. The third-order valence-corrected chi connectivity index (χ3v) is 5.91. The van der Waals surface area contributed by atoms with Crippen LogP contribution in [-0.4, -0.2) is 35.0 Å². The van der Waals surface area contributed by atoms with Gasteiger partial charge in [-0.3, -0.25) is 4.79 Å². The Kier molecular flexibility index (Phi) is 4.41. The van der Waals surface area contributed by atoms with Gasteiger partial charge in [0.05, 0.1) is 17.6 Å². The summed E-state index contributed by atoms with van der Waals surface area (Å²) >= 11 is 0. The van der Waals surface area contributed by atoms with E-state index in [0.29, 0.717) is 6.54 Å². The standard InChI is InChI=1S/C22H24F2N2O/c1-22(2)14-20-19(26(22)16-11-9-15(23)10-12-16)8-5-13-25(20)21(27)17-6-3-4-7-18(17)24/h3-4,6-7,9-12,19-20H,5,8,13-14H2,1-2H3/t19-,20-/m0/s1. The number of carbonyl (C=O) groups is 1. The van der Waals surface area contributed by atoms with Crippen molar-refractivity contribution in [2.24, 2.45) is 0 Å². The molecular weight excluding hydrogens is 346 g/mol. The molecule has 2 aliphatic rings. The molecule has 2 saturated heterocycles. The van der Waals surface area contributed by atoms with Crippen LogP contribution in [-0.2, 0) is 0 Å². The number of anilines is 1. The van der Waals surface area contributed by atoms with Crippen LogP contribution < -0.4 is 4.90 Å². The highest BCUT2D eigenvalue weighted by Gasteiger charge is 2.50. The average Bonchev–Trinajstić information content (AvgIpc) is 2.92. The summed E-state index contributed by atoms with van der Waals surface area (Å²) < 4.78 is 27.6. The summed E-state index contributed by atoms with van der Waals surface area (Å²) in [5.41, 5.74) is 0.927. The Morgan fingerprint density at radius 3 is 2.44 bits per heavy atom. The van der Waals surface area contributed by atoms with E-state index in [9.17, 15) is 13.6 Å². The molecule has 1 amide bonds. The van der Waals surface area contributed by atoms with E-state index in [0.717, 1.165) is 24.9 Å². The van der Waals surface area contributed by atoms with Crippen LogP contribution in [0.3, 0.4) is 0 Å². The van der Waals surface area contributed by atoms with E-state index in [2.05, 4.69) is 18.7 Å². The average molecular weight is 370 g/mol. The van der Waals surface area contributed by atoms with Crippen LogP contribution in [0.4, 0.5) is 14.5 Å². The number of hydrogen-bond acceptors (Lipinski definition) is 2. The van der Waals surface area contributed by atoms with Crippen LogP contribution >= 0.6 is 0 Å². The van der Waals surface area contributed by atoms with E-state index >= 15 is 0 Å². The highest BCUT2D eigenvalue weighted by Crippen LogP contribution is 2.44. The summed E-state index contributed by atoms with van der Waals surface area (Å²) in [6.07, 6.45) is 2.64. The molecule has 2 aromatic carbocycles. The molecule has 5 heteroatoms. The zero-order chi connectivity index (χ0) is 19.2. The summed E-state index contributed by atoms with van der Waals surface area (Å²) in [5, 5.41) is 0. The Morgan fingerprint density at radius 2 is 1.74 bits per heavy atom. The molecule has 3 nitrogen and oxygen atoms in total. The molecule has 0 radical (unpaired) electrons. The van der Waals surface area contributed by atoms with Gasteiger partial charge in [-0.05, 0) is 69.5 Å². The van der Waals surface area contributed by atoms with Crippen LogP contribution in [0.25, 0.3) is 0 Å². The maximum absolute atomic E-state index is 14.2. The number of likely N-dealkylation sites (tertiary alicyclic amines) is 1. The Morgan fingerprint density at radius 1 is 1.04 bits per heavy atom. The predicted octanol–water partition coefficient (Wildman–Crippen LogP) is 4.63. The predicted molar refractivity (Wildman–Crippen MR) is 102 cm³/mol. The van der Waals surface area contributed by atoms with Gasteiger partial charge in [-0.25, -0.2) is 8.78 Å². The van der Waals surface area contributed by atoms with Gasteiger partial charge in [0, 0.05) is 17.8 Å². The van der Waals surface area contributed by atoms with Gasteiger partial charge in [-0.1, -0.05) is 12.1 Å². The first-order valence-electron chi connectivity index (χ1n) is 9.49. The second-order valence-electron chi connectivity index (χ2n) is 8.12. The van der Waals surface area contributed by atoms with Crippen LogP contribution in [0.1, 0.15) is 43.5 Å². The van der Waals surface area contributed by atoms with Crippen LogP contribution in [0.15, 0.2) is 48.5 Å². The molecule has 27 heavy (non-hydrogen) atoms. The van der Waals surface area contributed by atoms with E-state index in [1.165, 1.54) is 18.2 Å². The largest absolute Gasteiger partial charge is 0.361 e. The lowest BCUT2D eigenvalue weighted by atomic mass is 9.93. The van der Waals surface area contributed by atoms with E-state index in [1.807, 2.05) is 4.90 Å². The zero-order valence-corrected chi connectivity index (χ0v) is 15.7. The normalized spacial score (nSPS) is 24.0. The van der Waals surface area contributed by atoms with Crippen LogP contribution in [0, 0.1) is 11.6 Å². The van der Waals surface area contributed by atoms with Gasteiger partial charge in [0.2, 0.25) is 0 Å². The molecule has 4 rings (SSSR count). The molecule has 142 valence electrons. The van der Waals surface area contributed by atoms with Crippen molar-refractivity contribution in [3.8, 4) is 0 Å². The number of carbonyl (C=O) groups excluding carboxylic acids is 1. The number of benzene rings is 2. The van der Waals surface area contributed by atoms with Crippen molar-refractivity contribution in [2.75, 3.05) is 11.4 Å². The molecule has 2 atom stereocenters. The van der Waals surface area contributed by atoms with Gasteiger partial charge >= 0.3 is 0 Å². The van der Waals surface area contributed by atoms with Crippen molar-refractivity contribution in [3.63, 3.8) is 0 Å². The lowest BCUT2D eigenvalue weighted by Gasteiger charge is -2.42. The van der Waals surface area contributed by atoms with Gasteiger partial charge < -0.3 is 9.80 Å². The van der Waals surface area contributed by atoms with Crippen molar-refractivity contribution < 1.29 is 13.6 Å². The number of fused-ring (bicyclic) bond motifs is 1.